The topological polar surface area (TPSA) is 106 Å². The Morgan fingerprint density at radius 2 is 1.47 bits per heavy atom. The third-order valence-electron chi connectivity index (χ3n) is 6.75. The lowest BCUT2D eigenvalue weighted by atomic mass is 9.81. The van der Waals surface area contributed by atoms with Crippen LogP contribution in [0.2, 0.25) is 0 Å². The second-order valence-electron chi connectivity index (χ2n) is 8.94. The van der Waals surface area contributed by atoms with Crippen molar-refractivity contribution >= 4 is 28.5 Å². The van der Waals surface area contributed by atoms with Crippen LogP contribution in [0, 0.1) is 11.8 Å². The number of amides is 3. The van der Waals surface area contributed by atoms with Crippen molar-refractivity contribution in [3.63, 3.8) is 0 Å². The van der Waals surface area contributed by atoms with E-state index < -0.39 is 0 Å². The molecule has 36 heavy (non-hydrogen) atoms. The van der Waals surface area contributed by atoms with Crippen LogP contribution < -0.4 is 25.6 Å². The van der Waals surface area contributed by atoms with Crippen molar-refractivity contribution in [2.45, 2.75) is 25.7 Å². The van der Waals surface area contributed by atoms with E-state index in [1.807, 2.05) is 36.4 Å². The van der Waals surface area contributed by atoms with Gasteiger partial charge in [-0.3, -0.25) is 25.2 Å². The summed E-state index contributed by atoms with van der Waals surface area (Å²) in [5.74, 6) is 0.259. The minimum atomic E-state index is -0.343. The largest absolute Gasteiger partial charge is 0.493 e. The third-order valence-corrected chi connectivity index (χ3v) is 6.75. The van der Waals surface area contributed by atoms with Crippen molar-refractivity contribution in [3.05, 3.63) is 71.8 Å². The Morgan fingerprint density at radius 1 is 0.778 bits per heavy atom. The number of ether oxygens (including phenoxy) is 2. The zero-order chi connectivity index (χ0) is 25.5. The molecule has 8 nitrogen and oxygen atoms in total. The molecule has 8 heteroatoms. The summed E-state index contributed by atoms with van der Waals surface area (Å²) < 4.78 is 10.6. The third kappa shape index (κ3) is 5.59. The van der Waals surface area contributed by atoms with Gasteiger partial charge in [-0.1, -0.05) is 42.5 Å². The molecular formula is C28H31N3O5. The number of carbonyl (C=O) groups is 3. The standard InChI is InChI=1S/C28H31N3O5/c1-35-24-12-6-11-23(25(24)36-2)27(33)29-17-18-13-15-20(16-14-18)26(32)30-31-28(34)22-10-5-8-19-7-3-4-9-21(19)22/h3-12,18,20H,13-17H2,1-2H3,(H,29,33)(H,30,32)(H,31,34). The molecule has 1 saturated carbocycles. The number of hydrogen-bond acceptors (Lipinski definition) is 5. The lowest BCUT2D eigenvalue weighted by Gasteiger charge is -2.28. The van der Waals surface area contributed by atoms with Gasteiger partial charge in [0.05, 0.1) is 19.8 Å². The maximum Gasteiger partial charge on any atom is 0.270 e. The summed E-state index contributed by atoms with van der Waals surface area (Å²) in [5, 5.41) is 4.78. The average molecular weight is 490 g/mol. The highest BCUT2D eigenvalue weighted by Gasteiger charge is 2.27. The fourth-order valence-corrected chi connectivity index (χ4v) is 4.74. The summed E-state index contributed by atoms with van der Waals surface area (Å²) in [5.41, 5.74) is 6.09. The molecule has 0 heterocycles. The van der Waals surface area contributed by atoms with Crippen molar-refractivity contribution < 1.29 is 23.9 Å². The SMILES string of the molecule is COc1cccc(C(=O)NCC2CCC(C(=O)NNC(=O)c3cccc4ccccc34)CC2)c1OC. The first-order valence-electron chi connectivity index (χ1n) is 12.1. The van der Waals surface area contributed by atoms with Crippen LogP contribution in [0.1, 0.15) is 46.4 Å². The summed E-state index contributed by atoms with van der Waals surface area (Å²) >= 11 is 0. The first kappa shape index (κ1) is 25.0. The molecule has 0 radical (unpaired) electrons. The Balaban J connectivity index is 1.24. The van der Waals surface area contributed by atoms with E-state index in [2.05, 4.69) is 16.2 Å². The monoisotopic (exact) mass is 489 g/mol. The summed E-state index contributed by atoms with van der Waals surface area (Å²) in [6, 6.07) is 18.3. The lowest BCUT2D eigenvalue weighted by molar-refractivity contribution is -0.127. The smallest absolute Gasteiger partial charge is 0.270 e. The Labute approximate surface area is 210 Å². The van der Waals surface area contributed by atoms with Crippen LogP contribution in [0.15, 0.2) is 60.7 Å². The lowest BCUT2D eigenvalue weighted by Crippen LogP contribution is -2.45. The van der Waals surface area contributed by atoms with Crippen molar-refractivity contribution in [2.75, 3.05) is 20.8 Å². The van der Waals surface area contributed by atoms with E-state index >= 15 is 0 Å². The van der Waals surface area contributed by atoms with Gasteiger partial charge in [0.1, 0.15) is 0 Å². The number of hydrogen-bond donors (Lipinski definition) is 3. The van der Waals surface area contributed by atoms with Gasteiger partial charge in [0.15, 0.2) is 11.5 Å². The van der Waals surface area contributed by atoms with Crippen LogP contribution in [-0.4, -0.2) is 38.5 Å². The Morgan fingerprint density at radius 3 is 2.22 bits per heavy atom. The number of para-hydroxylation sites is 1. The van der Waals surface area contributed by atoms with E-state index in [9.17, 15) is 14.4 Å². The Bertz CT molecular complexity index is 1250. The van der Waals surface area contributed by atoms with Gasteiger partial charge in [-0.05, 0) is 60.6 Å². The maximum atomic E-state index is 12.7. The van der Waals surface area contributed by atoms with Gasteiger partial charge in [0.25, 0.3) is 11.8 Å². The van der Waals surface area contributed by atoms with E-state index in [-0.39, 0.29) is 29.6 Å². The quantitative estimate of drug-likeness (QED) is 0.437. The number of benzene rings is 3. The van der Waals surface area contributed by atoms with Gasteiger partial charge >= 0.3 is 0 Å². The summed E-state index contributed by atoms with van der Waals surface area (Å²) in [6.07, 6.45) is 3.01. The van der Waals surface area contributed by atoms with Gasteiger partial charge < -0.3 is 14.8 Å². The molecule has 1 aliphatic rings. The average Bonchev–Trinajstić information content (AvgIpc) is 2.93. The van der Waals surface area contributed by atoms with Crippen LogP contribution >= 0.6 is 0 Å². The molecule has 3 aromatic rings. The normalized spacial score (nSPS) is 17.2. The molecule has 0 aromatic heterocycles. The molecule has 3 amide bonds. The molecule has 0 bridgehead atoms. The summed E-state index contributed by atoms with van der Waals surface area (Å²) in [7, 11) is 3.04. The summed E-state index contributed by atoms with van der Waals surface area (Å²) in [4.78, 5) is 38.0. The first-order valence-corrected chi connectivity index (χ1v) is 12.1. The van der Waals surface area contributed by atoms with Crippen molar-refractivity contribution in [3.8, 4) is 11.5 Å². The summed E-state index contributed by atoms with van der Waals surface area (Å²) in [6.45, 7) is 0.519. The highest BCUT2D eigenvalue weighted by molar-refractivity contribution is 6.07. The minimum Gasteiger partial charge on any atom is -0.493 e. The van der Waals surface area contributed by atoms with Gasteiger partial charge in [0.2, 0.25) is 5.91 Å². The van der Waals surface area contributed by atoms with Crippen molar-refractivity contribution in [2.24, 2.45) is 11.8 Å². The predicted molar refractivity (Wildman–Crippen MR) is 137 cm³/mol. The second kappa shape index (κ2) is 11.6. The van der Waals surface area contributed by atoms with E-state index in [1.165, 1.54) is 14.2 Å². The van der Waals surface area contributed by atoms with Crippen LogP contribution in [0.3, 0.4) is 0 Å². The van der Waals surface area contributed by atoms with Gasteiger partial charge in [-0.2, -0.15) is 0 Å². The van der Waals surface area contributed by atoms with Crippen LogP contribution in [0.25, 0.3) is 10.8 Å². The Kier molecular flexibility index (Phi) is 8.05. The zero-order valence-corrected chi connectivity index (χ0v) is 20.5. The van der Waals surface area contributed by atoms with Crippen molar-refractivity contribution in [1.82, 2.24) is 16.2 Å². The fraction of sp³-hybridized carbons (Fsp3) is 0.321. The second-order valence-corrected chi connectivity index (χ2v) is 8.94. The van der Waals surface area contributed by atoms with Crippen molar-refractivity contribution in [1.29, 1.82) is 0 Å². The minimum absolute atomic E-state index is 0.178. The highest BCUT2D eigenvalue weighted by atomic mass is 16.5. The number of carbonyl (C=O) groups excluding carboxylic acids is 3. The Hall–Kier alpha value is -4.07. The predicted octanol–water partition coefficient (Wildman–Crippen LogP) is 3.85. The molecule has 0 aliphatic heterocycles. The molecule has 0 atom stereocenters. The number of rotatable bonds is 7. The molecule has 188 valence electrons. The molecule has 1 aliphatic carbocycles. The molecule has 0 saturated heterocycles. The number of fused-ring (bicyclic) bond motifs is 1. The number of hydrazine groups is 1. The van der Waals surface area contributed by atoms with Gasteiger partial charge in [0, 0.05) is 18.0 Å². The molecule has 0 spiro atoms. The molecule has 4 rings (SSSR count). The van der Waals surface area contributed by atoms with E-state index in [1.54, 1.807) is 24.3 Å². The van der Waals surface area contributed by atoms with E-state index in [0.29, 0.717) is 42.0 Å². The molecule has 0 unspecified atom stereocenters. The molecule has 3 N–H and O–H groups in total. The van der Waals surface area contributed by atoms with Crippen LogP contribution in [0.4, 0.5) is 0 Å². The van der Waals surface area contributed by atoms with Gasteiger partial charge in [-0.25, -0.2) is 0 Å². The molecule has 3 aromatic carbocycles. The highest BCUT2D eigenvalue weighted by Crippen LogP contribution is 2.31. The molecular weight excluding hydrogens is 458 g/mol. The van der Waals surface area contributed by atoms with E-state index in [4.69, 9.17) is 9.47 Å². The first-order chi connectivity index (χ1) is 17.5. The number of nitrogens with one attached hydrogen (secondary N) is 3. The maximum absolute atomic E-state index is 12.7. The molecule has 1 fully saturated rings. The van der Waals surface area contributed by atoms with Gasteiger partial charge in [-0.15, -0.1) is 0 Å². The van der Waals surface area contributed by atoms with Crippen LogP contribution in [-0.2, 0) is 4.79 Å². The zero-order valence-electron chi connectivity index (χ0n) is 20.5. The van der Waals surface area contributed by atoms with Crippen LogP contribution in [0.5, 0.6) is 11.5 Å². The number of methoxy groups -OCH3 is 2. The van der Waals surface area contributed by atoms with E-state index in [0.717, 1.165) is 23.6 Å². The fourth-order valence-electron chi connectivity index (χ4n) is 4.74.